The minimum absolute atomic E-state index is 0.0516. The highest BCUT2D eigenvalue weighted by Gasteiger charge is 2.43. The predicted molar refractivity (Wildman–Crippen MR) is 261 cm³/mol. The van der Waals surface area contributed by atoms with Crippen molar-refractivity contribution in [3.63, 3.8) is 0 Å². The number of rotatable bonds is 7. The monoisotopic (exact) mass is 941 g/mol. The number of hydrogen-bond acceptors (Lipinski definition) is 11. The highest BCUT2D eigenvalue weighted by Crippen LogP contribution is 2.43. The van der Waals surface area contributed by atoms with E-state index in [1.165, 1.54) is 5.01 Å². The Morgan fingerprint density at radius 1 is 1.06 bits per heavy atom. The first-order valence-electron chi connectivity index (χ1n) is 24.0. The number of aliphatic imine (C=N–C) groups is 1. The second-order valence-electron chi connectivity index (χ2n) is 19.6. The van der Waals surface area contributed by atoms with Gasteiger partial charge in [-0.25, -0.2) is 4.84 Å². The Labute approximate surface area is 399 Å². The molecule has 1 aromatic heterocycles. The largest absolute Gasteiger partial charge is 0.375 e. The van der Waals surface area contributed by atoms with Crippen LogP contribution in [0.3, 0.4) is 0 Å². The topological polar surface area (TPSA) is 161 Å². The third-order valence-corrected chi connectivity index (χ3v) is 15.0. The average molecular weight is 941 g/mol. The number of nitrogens with zero attached hydrogens (tertiary/aromatic N) is 7. The van der Waals surface area contributed by atoms with Crippen LogP contribution < -0.4 is 10.7 Å². The molecule has 4 amide bonds. The molecule has 0 radical (unpaired) electrons. The Morgan fingerprint density at radius 2 is 1.84 bits per heavy atom. The van der Waals surface area contributed by atoms with Crippen molar-refractivity contribution in [3.05, 3.63) is 51.0 Å². The zero-order chi connectivity index (χ0) is 48.2. The molecule has 362 valence electrons. The lowest BCUT2D eigenvalue weighted by Crippen LogP contribution is -2.62. The maximum absolute atomic E-state index is 14.8. The van der Waals surface area contributed by atoms with E-state index < -0.39 is 29.6 Å². The van der Waals surface area contributed by atoms with E-state index in [-0.39, 0.29) is 61.1 Å². The first-order chi connectivity index (χ1) is 32.0. The summed E-state index contributed by atoms with van der Waals surface area (Å²) in [7, 11) is 5.84. The molecule has 1 unspecified atom stereocenters. The van der Waals surface area contributed by atoms with Gasteiger partial charge in [0.2, 0.25) is 16.7 Å². The smallest absolute Gasteiger partial charge is 0.326 e. The van der Waals surface area contributed by atoms with Gasteiger partial charge in [0, 0.05) is 100 Å². The fourth-order valence-electron chi connectivity index (χ4n) is 10.1. The molecule has 2 aromatic rings. The van der Waals surface area contributed by atoms with E-state index in [1.807, 2.05) is 34.0 Å². The molecule has 17 heteroatoms. The Balaban J connectivity index is 1.24. The van der Waals surface area contributed by atoms with Gasteiger partial charge in [-0.15, -0.1) is 11.8 Å². The van der Waals surface area contributed by atoms with Crippen LogP contribution in [0.25, 0.3) is 22.2 Å². The highest BCUT2D eigenvalue weighted by molar-refractivity contribution is 8.03. The molecule has 5 aliphatic rings. The van der Waals surface area contributed by atoms with E-state index in [9.17, 15) is 24.1 Å². The van der Waals surface area contributed by atoms with Crippen molar-refractivity contribution < 1.29 is 33.7 Å². The van der Waals surface area contributed by atoms with Gasteiger partial charge in [-0.3, -0.25) is 29.2 Å². The number of thioether (sulfide) groups is 1. The molecule has 6 bridgehead atoms. The van der Waals surface area contributed by atoms with Crippen molar-refractivity contribution >= 4 is 63.8 Å². The fraction of sp³-hybridized carbons (Fsp3) is 0.620. The van der Waals surface area contributed by atoms with Gasteiger partial charge in [0.05, 0.1) is 27.8 Å². The van der Waals surface area contributed by atoms with Crippen molar-refractivity contribution in [1.29, 1.82) is 0 Å². The van der Waals surface area contributed by atoms with Crippen LogP contribution in [0.2, 0.25) is 0 Å². The summed E-state index contributed by atoms with van der Waals surface area (Å²) in [6.07, 6.45) is 6.63. The third-order valence-electron chi connectivity index (χ3n) is 13.8. The van der Waals surface area contributed by atoms with Crippen LogP contribution in [0, 0.1) is 28.1 Å². The number of aromatic nitrogens is 1. The Hall–Kier alpha value is -5.18. The summed E-state index contributed by atoms with van der Waals surface area (Å²) in [6, 6.07) is 4.68. The number of allylic oxidation sites excluding steroid dienone is 1. The van der Waals surface area contributed by atoms with Gasteiger partial charge in [-0.2, -0.15) is 5.43 Å². The standard InChI is InChI=1S/C50H69N9O7S/c1-10-16-42(60)56-23-12-11-13-24-57(43(61)21-26-56)46(32(2)3)48(62)52-38-28-44-54(7)40(30-67-44)34-19-20-39-36(27-34)37(47(55(39)8)35-17-14-22-51-45(35)33(4)65-9)29-50(5,6)31-66-59(64)41-18-15-25-58(53-41)49(38)63/h19-20,22,27,30,32-33,38,41,44,46,53H,11-15,17-18,21,23-26,28-29,31H2,1-9H3/p+1/t33-,38-,41+,44?,46-/m0/s1. The number of carbonyl (C=O) groups is 4. The quantitative estimate of drug-likeness (QED) is 0.316. The lowest BCUT2D eigenvalue weighted by molar-refractivity contribution is -0.835. The third kappa shape index (κ3) is 10.9. The molecular formula is C50H70N9O7S+. The molecule has 5 aliphatic heterocycles. The zero-order valence-electron chi connectivity index (χ0n) is 40.9. The van der Waals surface area contributed by atoms with Crippen LogP contribution in [-0.2, 0) is 42.2 Å². The van der Waals surface area contributed by atoms with E-state index in [0.717, 1.165) is 70.4 Å². The normalized spacial score (nSPS) is 24.2. The van der Waals surface area contributed by atoms with Crippen LogP contribution in [-0.4, -0.2) is 136 Å². The minimum atomic E-state index is -1.01. The summed E-state index contributed by atoms with van der Waals surface area (Å²) in [6.45, 7) is 13.2. The minimum Gasteiger partial charge on any atom is -0.375 e. The van der Waals surface area contributed by atoms with Crippen molar-refractivity contribution in [1.82, 2.24) is 35.0 Å². The maximum Gasteiger partial charge on any atom is 0.326 e. The second kappa shape index (κ2) is 21.4. The van der Waals surface area contributed by atoms with E-state index in [4.69, 9.17) is 14.6 Å². The first-order valence-corrected chi connectivity index (χ1v) is 24.9. The lowest BCUT2D eigenvalue weighted by atomic mass is 9.83. The number of hydrogen-bond donors (Lipinski definition) is 2. The molecule has 7 rings (SSSR count). The van der Waals surface area contributed by atoms with Gasteiger partial charge in [0.25, 0.3) is 11.8 Å². The summed E-state index contributed by atoms with van der Waals surface area (Å²) in [4.78, 5) is 87.2. The van der Waals surface area contributed by atoms with Gasteiger partial charge in [-0.05, 0) is 99.3 Å². The SMILES string of the molecule is CC#CC(=O)N1CCCCCN([C@H](C(=O)N[C@H]2CC3SC=C(c4ccc5c(c4)c(c(C4=C([C@H](C)OC)N=CCC4)n5C)CC(C)(C)CO[N+](=O)[C@@H]4CCCN(N4)C2=O)N3C)C(C)C)C(=O)CC1. The van der Waals surface area contributed by atoms with Gasteiger partial charge in [0.1, 0.15) is 12.1 Å². The van der Waals surface area contributed by atoms with Crippen LogP contribution in [0.15, 0.2) is 34.3 Å². The van der Waals surface area contributed by atoms with Crippen molar-refractivity contribution in [3.8, 4) is 11.8 Å². The molecule has 67 heavy (non-hydrogen) atoms. The van der Waals surface area contributed by atoms with Crippen molar-refractivity contribution in [2.45, 2.75) is 135 Å². The fourth-order valence-corrected chi connectivity index (χ4v) is 11.3. The van der Waals surface area contributed by atoms with Gasteiger partial charge < -0.3 is 29.3 Å². The Morgan fingerprint density at radius 3 is 2.58 bits per heavy atom. The molecule has 1 aromatic carbocycles. The molecule has 0 aliphatic carbocycles. The van der Waals surface area contributed by atoms with Crippen molar-refractivity contribution in [2.24, 2.45) is 23.4 Å². The van der Waals surface area contributed by atoms with E-state index >= 15 is 0 Å². The molecular weight excluding hydrogens is 871 g/mol. The van der Waals surface area contributed by atoms with Crippen LogP contribution >= 0.6 is 11.8 Å². The molecule has 2 N–H and O–H groups in total. The predicted octanol–water partition coefficient (Wildman–Crippen LogP) is 5.99. The number of fused-ring (bicyclic) bond motifs is 6. The van der Waals surface area contributed by atoms with Gasteiger partial charge in [-0.1, -0.05) is 39.7 Å². The van der Waals surface area contributed by atoms with Gasteiger partial charge >= 0.3 is 6.17 Å². The zero-order valence-corrected chi connectivity index (χ0v) is 41.7. The summed E-state index contributed by atoms with van der Waals surface area (Å²) in [5.41, 5.74) is 10.1. The summed E-state index contributed by atoms with van der Waals surface area (Å²) < 4.78 is 8.10. The Kier molecular flexibility index (Phi) is 15.9. The molecule has 2 fully saturated rings. The first kappa shape index (κ1) is 49.7. The van der Waals surface area contributed by atoms with Gasteiger partial charge in [0.15, 0.2) is 6.61 Å². The number of amides is 4. The molecule has 16 nitrogen and oxygen atoms in total. The average Bonchev–Trinajstić information content (AvgIpc) is 3.80. The molecule has 2 saturated heterocycles. The van der Waals surface area contributed by atoms with Crippen LogP contribution in [0.4, 0.5) is 0 Å². The second-order valence-corrected chi connectivity index (χ2v) is 20.7. The Bertz CT molecular complexity index is 2400. The summed E-state index contributed by atoms with van der Waals surface area (Å²) >= 11 is 1.60. The number of hydrazine groups is 1. The molecule has 5 atom stereocenters. The molecule has 0 spiro atoms. The highest BCUT2D eigenvalue weighted by atomic mass is 32.2. The number of carbonyl (C=O) groups excluding carboxylic acids is 4. The number of benzene rings is 1. The molecule has 0 saturated carbocycles. The summed E-state index contributed by atoms with van der Waals surface area (Å²) in [5.74, 6) is 3.65. The number of aryl methyl sites for hydroxylation is 1. The number of ether oxygens (including phenoxy) is 1. The number of methoxy groups -OCH3 is 1. The van der Waals surface area contributed by atoms with Crippen molar-refractivity contribution in [2.75, 3.05) is 46.9 Å². The van der Waals surface area contributed by atoms with E-state index in [1.54, 1.807) is 35.6 Å². The maximum atomic E-state index is 14.8. The van der Waals surface area contributed by atoms with E-state index in [0.29, 0.717) is 50.2 Å². The van der Waals surface area contributed by atoms with Crippen LogP contribution in [0.1, 0.15) is 116 Å². The summed E-state index contributed by atoms with van der Waals surface area (Å²) in [5, 5.41) is 7.58. The molecule has 6 heterocycles. The number of nitrogens with one attached hydrogen (secondary N) is 2. The lowest BCUT2D eigenvalue weighted by Gasteiger charge is -2.37. The van der Waals surface area contributed by atoms with Crippen LogP contribution in [0.5, 0.6) is 0 Å². The van der Waals surface area contributed by atoms with E-state index in [2.05, 4.69) is 76.6 Å².